The van der Waals surface area contributed by atoms with Gasteiger partial charge in [-0.1, -0.05) is 11.6 Å². The Hall–Kier alpha value is -3.04. The van der Waals surface area contributed by atoms with E-state index in [0.717, 1.165) is 43.3 Å². The number of nitrogen functional groups attached to an aromatic ring is 1. The molecule has 0 radical (unpaired) electrons. The fourth-order valence-corrected chi connectivity index (χ4v) is 3.89. The molecular weight excluding hydrogens is 424 g/mol. The lowest BCUT2D eigenvalue weighted by molar-refractivity contribution is -0.383. The molecule has 0 unspecified atom stereocenters. The smallest absolute Gasteiger partial charge is 0.293 e. The van der Waals surface area contributed by atoms with E-state index >= 15 is 0 Å². The molecule has 1 aliphatic rings. The number of carbonyl (C=O) groups is 1. The molecule has 0 bridgehead atoms. The lowest BCUT2D eigenvalue weighted by Crippen LogP contribution is -2.44. The average molecular weight is 449 g/mol. The Bertz CT molecular complexity index is 976. The monoisotopic (exact) mass is 448 g/mol. The van der Waals surface area contributed by atoms with Crippen molar-refractivity contribution in [1.82, 2.24) is 10.2 Å². The largest absolute Gasteiger partial charge is 0.496 e. The molecule has 10 heteroatoms. The van der Waals surface area contributed by atoms with Crippen LogP contribution in [0.25, 0.3) is 0 Å². The number of anilines is 1. The summed E-state index contributed by atoms with van der Waals surface area (Å²) in [5.74, 6) is 0.567. The predicted octanol–water partition coefficient (Wildman–Crippen LogP) is 3.24. The molecule has 0 aromatic heterocycles. The van der Waals surface area contributed by atoms with Gasteiger partial charge < -0.3 is 20.5 Å². The number of nitro groups is 1. The topological polar surface area (TPSA) is 120 Å². The minimum Gasteiger partial charge on any atom is -0.496 e. The number of methoxy groups -OCH3 is 2. The number of ether oxygens (including phenoxy) is 2. The highest BCUT2D eigenvalue weighted by molar-refractivity contribution is 6.30. The fraction of sp³-hybridized carbons (Fsp3) is 0.381. The van der Waals surface area contributed by atoms with Crippen LogP contribution in [0.5, 0.6) is 11.5 Å². The van der Waals surface area contributed by atoms with Gasteiger partial charge in [0.05, 0.1) is 24.7 Å². The average Bonchev–Trinajstić information content (AvgIpc) is 2.74. The maximum Gasteiger partial charge on any atom is 0.293 e. The summed E-state index contributed by atoms with van der Waals surface area (Å²) >= 11 is 6.11. The number of nitrogens with zero attached hydrogens (tertiary/aromatic N) is 2. The number of hydrogen-bond acceptors (Lipinski definition) is 7. The van der Waals surface area contributed by atoms with E-state index in [4.69, 9.17) is 26.8 Å². The molecule has 3 rings (SSSR count). The van der Waals surface area contributed by atoms with Gasteiger partial charge in [-0.25, -0.2) is 0 Å². The third-order valence-corrected chi connectivity index (χ3v) is 5.58. The Balaban J connectivity index is 1.63. The molecule has 2 aromatic rings. The molecule has 1 aliphatic heterocycles. The Morgan fingerprint density at radius 3 is 2.52 bits per heavy atom. The van der Waals surface area contributed by atoms with Crippen LogP contribution >= 0.6 is 11.6 Å². The van der Waals surface area contributed by atoms with Gasteiger partial charge in [0.25, 0.3) is 11.6 Å². The van der Waals surface area contributed by atoms with E-state index in [1.54, 1.807) is 13.2 Å². The fourth-order valence-electron chi connectivity index (χ4n) is 3.70. The molecule has 31 heavy (non-hydrogen) atoms. The van der Waals surface area contributed by atoms with Crippen molar-refractivity contribution in [3.05, 3.63) is 56.6 Å². The highest BCUT2D eigenvalue weighted by Gasteiger charge is 2.25. The highest BCUT2D eigenvalue weighted by Crippen LogP contribution is 2.31. The summed E-state index contributed by atoms with van der Waals surface area (Å²) in [6.07, 6.45) is 1.49. The molecule has 0 aliphatic carbocycles. The van der Waals surface area contributed by atoms with Crippen LogP contribution in [0.4, 0.5) is 11.4 Å². The van der Waals surface area contributed by atoms with E-state index in [1.807, 2.05) is 12.1 Å². The number of amides is 1. The van der Waals surface area contributed by atoms with Crippen molar-refractivity contribution in [2.75, 3.05) is 33.0 Å². The molecule has 2 aromatic carbocycles. The number of nitrogens with one attached hydrogen (secondary N) is 1. The Kier molecular flexibility index (Phi) is 7.19. The van der Waals surface area contributed by atoms with Crippen LogP contribution in [-0.2, 0) is 6.54 Å². The standard InChI is InChI=1S/C21H25ClN4O5/c1-30-19-4-3-14(22)9-13(19)12-25-7-5-15(6-8-25)24-21(27)16-10-18(26(28)29)17(23)11-20(16)31-2/h3-4,9-11,15H,5-8,12,23H2,1-2H3,(H,24,27). The van der Waals surface area contributed by atoms with Crippen molar-refractivity contribution >= 4 is 28.9 Å². The summed E-state index contributed by atoms with van der Waals surface area (Å²) in [7, 11) is 3.02. The van der Waals surface area contributed by atoms with E-state index in [-0.39, 0.29) is 28.7 Å². The summed E-state index contributed by atoms with van der Waals surface area (Å²) in [5.41, 5.74) is 6.41. The summed E-state index contributed by atoms with van der Waals surface area (Å²) in [4.78, 5) is 25.6. The van der Waals surface area contributed by atoms with Gasteiger partial charge in [0.2, 0.25) is 0 Å². The van der Waals surface area contributed by atoms with E-state index in [1.165, 1.54) is 13.2 Å². The van der Waals surface area contributed by atoms with E-state index in [0.29, 0.717) is 11.6 Å². The molecular formula is C21H25ClN4O5. The third kappa shape index (κ3) is 5.36. The molecule has 0 saturated carbocycles. The molecule has 1 saturated heterocycles. The number of likely N-dealkylation sites (tertiary alicyclic amines) is 1. The number of hydrogen-bond donors (Lipinski definition) is 2. The first kappa shape index (κ1) is 22.6. The zero-order valence-corrected chi connectivity index (χ0v) is 18.1. The van der Waals surface area contributed by atoms with Gasteiger partial charge in [0.15, 0.2) is 0 Å². The molecule has 166 valence electrons. The lowest BCUT2D eigenvalue weighted by Gasteiger charge is -2.32. The van der Waals surface area contributed by atoms with Crippen LogP contribution in [-0.4, -0.2) is 49.1 Å². The van der Waals surface area contributed by atoms with E-state index in [9.17, 15) is 14.9 Å². The van der Waals surface area contributed by atoms with Crippen molar-refractivity contribution in [2.45, 2.75) is 25.4 Å². The Morgan fingerprint density at radius 1 is 1.23 bits per heavy atom. The van der Waals surface area contributed by atoms with Crippen molar-refractivity contribution in [3.63, 3.8) is 0 Å². The minimum absolute atomic E-state index is 0.0497. The number of carbonyl (C=O) groups excluding carboxylic acids is 1. The Morgan fingerprint density at radius 2 is 1.90 bits per heavy atom. The third-order valence-electron chi connectivity index (χ3n) is 5.35. The number of piperidine rings is 1. The zero-order valence-electron chi connectivity index (χ0n) is 17.4. The van der Waals surface area contributed by atoms with Crippen molar-refractivity contribution in [1.29, 1.82) is 0 Å². The highest BCUT2D eigenvalue weighted by atomic mass is 35.5. The molecule has 9 nitrogen and oxygen atoms in total. The molecule has 1 heterocycles. The van der Waals surface area contributed by atoms with E-state index < -0.39 is 10.8 Å². The summed E-state index contributed by atoms with van der Waals surface area (Å²) in [6.45, 7) is 2.25. The molecule has 0 spiro atoms. The van der Waals surface area contributed by atoms with Crippen LogP contribution < -0.4 is 20.5 Å². The maximum atomic E-state index is 12.8. The first-order valence-corrected chi connectivity index (χ1v) is 10.2. The second-order valence-corrected chi connectivity index (χ2v) is 7.78. The van der Waals surface area contributed by atoms with Crippen LogP contribution in [0.2, 0.25) is 5.02 Å². The number of nitro benzene ring substituents is 1. The molecule has 1 fully saturated rings. The van der Waals surface area contributed by atoms with Crippen molar-refractivity contribution in [2.24, 2.45) is 0 Å². The van der Waals surface area contributed by atoms with Gasteiger partial charge in [0.1, 0.15) is 17.2 Å². The quantitative estimate of drug-likeness (QED) is 0.379. The summed E-state index contributed by atoms with van der Waals surface area (Å²) in [6, 6.07) is 7.95. The van der Waals surface area contributed by atoms with Gasteiger partial charge in [-0.15, -0.1) is 0 Å². The zero-order chi connectivity index (χ0) is 22.5. The molecule has 1 amide bonds. The van der Waals surface area contributed by atoms with Gasteiger partial charge in [-0.3, -0.25) is 19.8 Å². The second kappa shape index (κ2) is 9.84. The lowest BCUT2D eigenvalue weighted by atomic mass is 10.0. The first-order valence-electron chi connectivity index (χ1n) is 9.80. The van der Waals surface area contributed by atoms with Crippen molar-refractivity contribution in [3.8, 4) is 11.5 Å². The summed E-state index contributed by atoms with van der Waals surface area (Å²) in [5, 5.41) is 14.8. The van der Waals surface area contributed by atoms with Crippen LogP contribution in [0, 0.1) is 10.1 Å². The predicted molar refractivity (Wildman–Crippen MR) is 118 cm³/mol. The maximum absolute atomic E-state index is 12.8. The first-order chi connectivity index (χ1) is 14.8. The minimum atomic E-state index is -0.617. The number of rotatable bonds is 7. The number of nitrogens with two attached hydrogens (primary N) is 1. The van der Waals surface area contributed by atoms with Gasteiger partial charge in [0, 0.05) is 48.4 Å². The summed E-state index contributed by atoms with van der Waals surface area (Å²) < 4.78 is 10.6. The van der Waals surface area contributed by atoms with Gasteiger partial charge in [-0.2, -0.15) is 0 Å². The number of benzene rings is 2. The van der Waals surface area contributed by atoms with Crippen LogP contribution in [0.1, 0.15) is 28.8 Å². The van der Waals surface area contributed by atoms with Crippen molar-refractivity contribution < 1.29 is 19.2 Å². The van der Waals surface area contributed by atoms with Crippen LogP contribution in [0.3, 0.4) is 0 Å². The SMILES string of the molecule is COc1ccc(Cl)cc1CN1CCC(NC(=O)c2cc([N+](=O)[O-])c(N)cc2OC)CC1. The molecule has 0 atom stereocenters. The molecule has 3 N–H and O–H groups in total. The van der Waals surface area contributed by atoms with E-state index in [2.05, 4.69) is 10.2 Å². The Labute approximate surface area is 185 Å². The second-order valence-electron chi connectivity index (χ2n) is 7.35. The number of halogens is 1. The van der Waals surface area contributed by atoms with Gasteiger partial charge >= 0.3 is 0 Å². The normalized spacial score (nSPS) is 14.8. The van der Waals surface area contributed by atoms with Crippen LogP contribution in [0.15, 0.2) is 30.3 Å². The van der Waals surface area contributed by atoms with Gasteiger partial charge in [-0.05, 0) is 31.0 Å².